The molecule has 0 aromatic carbocycles. The van der Waals surface area contributed by atoms with Crippen LogP contribution in [0.4, 0.5) is 18.4 Å². The van der Waals surface area contributed by atoms with E-state index in [4.69, 9.17) is 30.0 Å². The number of alkyl halides is 2. The lowest BCUT2D eigenvalue weighted by molar-refractivity contribution is -0.164. The van der Waals surface area contributed by atoms with Crippen molar-refractivity contribution in [2.24, 2.45) is 9.98 Å². The Hall–Kier alpha value is -1.33. The van der Waals surface area contributed by atoms with Crippen LogP contribution in [0.1, 0.15) is 75.7 Å². The molecule has 4 aliphatic rings. The molecule has 0 saturated carbocycles. The van der Waals surface area contributed by atoms with Crippen LogP contribution in [0.3, 0.4) is 0 Å². The number of hydrogen-bond acceptors (Lipinski definition) is 15. The number of nitrogens with zero attached hydrogens (tertiary/aromatic N) is 4. The molecule has 4 aliphatic heterocycles. The van der Waals surface area contributed by atoms with E-state index >= 15 is 0 Å². The van der Waals surface area contributed by atoms with Crippen LogP contribution in [0.15, 0.2) is 9.98 Å². The molecule has 2 saturated heterocycles. The van der Waals surface area contributed by atoms with Gasteiger partial charge < -0.3 is 44.5 Å². The number of thioether (sulfide) groups is 2. The number of amides is 2. The Morgan fingerprint density at radius 2 is 1.09 bits per heavy atom. The SMILES string of the molecule is CC(C)(C)OC(=O)N(CCF)C1=N[C@@H]2[C@@H](O)[C@H](O)[C@@H](CO)O[C@@H]2S1.CC(C)(C)[Si](C)(C)Cl.CC[C@H]1O[C@@H]2SC(N(CCF)C(=O)OC(C)(C)C)=N[C@@H]2[C@@H](O)[C@@H]1O. The Kier molecular flexibility index (Phi) is 18.8. The van der Waals surface area contributed by atoms with Gasteiger partial charge in [0.1, 0.15) is 78.0 Å². The van der Waals surface area contributed by atoms with Crippen molar-refractivity contribution in [2.75, 3.05) is 33.0 Å². The number of fused-ring (bicyclic) bond motifs is 2. The number of halogens is 3. The summed E-state index contributed by atoms with van der Waals surface area (Å²) in [5, 5.41) is 50.3. The van der Waals surface area contributed by atoms with Gasteiger partial charge >= 0.3 is 12.2 Å². The predicted molar refractivity (Wildman–Crippen MR) is 217 cm³/mol. The second kappa shape index (κ2) is 20.8. The molecule has 0 radical (unpaired) electrons. The molecule has 10 atom stereocenters. The van der Waals surface area contributed by atoms with Gasteiger partial charge in [0.25, 0.3) is 0 Å². The van der Waals surface area contributed by atoms with E-state index in [1.807, 2.05) is 6.92 Å². The summed E-state index contributed by atoms with van der Waals surface area (Å²) in [6.07, 6.45) is -7.05. The molecule has 21 heteroatoms. The normalized spacial score (nSPS) is 30.3. The second-order valence-corrected chi connectivity index (χ2v) is 26.5. The standard InChI is InChI=1S/C15H25FN2O5S.C14H23FN2O6S.C6H15ClSi/c1-5-8-10(19)11(20)9-12(22-8)24-13(17-9)18(7-6-16)14(21)23-15(2,3)4;1-14(2,3)23-13(21)17(5-4-15)12-16-8-10(20)9(19)7(6-18)22-11(8)24-12;1-6(2,3)8(4,5)7/h8-12,19-20H,5-7H2,1-4H3;7-11,18-20H,4-6H2,1-3H3;1-5H3/t8-,9-,10-,11-,12-;7-,8-,9-,10-,11-;/m11./s1. The summed E-state index contributed by atoms with van der Waals surface area (Å²) in [5.41, 5.74) is -2.67. The first-order valence-electron chi connectivity index (χ1n) is 18.6. The number of carbonyl (C=O) groups excluding carboxylic acids is 2. The third-order valence-corrected chi connectivity index (χ3v) is 16.6. The molecule has 4 rings (SSSR count). The van der Waals surface area contributed by atoms with Gasteiger partial charge in [-0.15, -0.1) is 0 Å². The number of rotatable bonds is 6. The summed E-state index contributed by atoms with van der Waals surface area (Å²) in [5.74, 6) is 0. The van der Waals surface area contributed by atoms with Crippen LogP contribution in [-0.4, -0.2) is 169 Å². The van der Waals surface area contributed by atoms with Gasteiger partial charge in [0.2, 0.25) is 0 Å². The molecule has 326 valence electrons. The fraction of sp³-hybridized carbons (Fsp3) is 0.886. The lowest BCUT2D eigenvalue weighted by Gasteiger charge is -2.37. The van der Waals surface area contributed by atoms with E-state index in [9.17, 15) is 43.9 Å². The van der Waals surface area contributed by atoms with Crippen LogP contribution in [0.25, 0.3) is 0 Å². The van der Waals surface area contributed by atoms with Crippen molar-refractivity contribution < 1.29 is 62.8 Å². The van der Waals surface area contributed by atoms with Crippen LogP contribution in [0, 0.1) is 0 Å². The van der Waals surface area contributed by atoms with Gasteiger partial charge in [-0.2, -0.15) is 11.1 Å². The minimum atomic E-state index is -1.39. The highest BCUT2D eigenvalue weighted by Crippen LogP contribution is 2.40. The Bertz CT molecular complexity index is 1270. The predicted octanol–water partition coefficient (Wildman–Crippen LogP) is 4.85. The summed E-state index contributed by atoms with van der Waals surface area (Å²) in [7, 11) is -1.39. The first-order valence-corrected chi connectivity index (χ1v) is 24.3. The third-order valence-electron chi connectivity index (χ3n) is 8.97. The molecule has 2 fully saturated rings. The Morgan fingerprint density at radius 3 is 1.38 bits per heavy atom. The Balaban J connectivity index is 0.000000325. The van der Waals surface area contributed by atoms with Crippen LogP contribution < -0.4 is 0 Å². The second-order valence-electron chi connectivity index (χ2n) is 17.0. The fourth-order valence-corrected chi connectivity index (χ4v) is 7.40. The first kappa shape index (κ1) is 50.8. The number of carbonyl (C=O) groups is 2. The van der Waals surface area contributed by atoms with Crippen molar-refractivity contribution in [2.45, 2.75) is 165 Å². The van der Waals surface area contributed by atoms with Crippen molar-refractivity contribution in [3.8, 4) is 0 Å². The molecule has 0 spiro atoms. The van der Waals surface area contributed by atoms with Crippen molar-refractivity contribution in [3.63, 3.8) is 0 Å². The maximum absolute atomic E-state index is 12.9. The average molecular weight is 882 g/mol. The fourth-order valence-electron chi connectivity index (χ4n) is 4.91. The van der Waals surface area contributed by atoms with Crippen LogP contribution in [-0.2, 0) is 18.9 Å². The largest absolute Gasteiger partial charge is 0.443 e. The molecule has 2 amide bonds. The van der Waals surface area contributed by atoms with Crippen molar-refractivity contribution >= 4 is 64.5 Å². The number of amidine groups is 2. The Labute approximate surface area is 343 Å². The average Bonchev–Trinajstić information content (AvgIpc) is 3.68. The van der Waals surface area contributed by atoms with E-state index in [1.54, 1.807) is 41.5 Å². The zero-order chi connectivity index (χ0) is 43.1. The van der Waals surface area contributed by atoms with Gasteiger partial charge in [-0.05, 0) is 53.0 Å². The lowest BCUT2D eigenvalue weighted by Crippen LogP contribution is -2.55. The zero-order valence-corrected chi connectivity index (χ0v) is 37.8. The van der Waals surface area contributed by atoms with E-state index in [-0.39, 0.29) is 23.4 Å². The number of aliphatic hydroxyl groups excluding tert-OH is 5. The van der Waals surface area contributed by atoms with E-state index in [1.165, 1.54) is 0 Å². The minimum Gasteiger partial charge on any atom is -0.443 e. The molecule has 5 N–H and O–H groups in total. The highest BCUT2D eigenvalue weighted by Gasteiger charge is 2.50. The topological polar surface area (TPSA) is 203 Å². The van der Waals surface area contributed by atoms with Crippen LogP contribution in [0.2, 0.25) is 18.1 Å². The summed E-state index contributed by atoms with van der Waals surface area (Å²) in [4.78, 5) is 35.2. The number of aliphatic hydroxyl groups is 5. The van der Waals surface area contributed by atoms with E-state index in [2.05, 4.69) is 43.9 Å². The smallest absolute Gasteiger partial charge is 0.416 e. The molecule has 4 heterocycles. The van der Waals surface area contributed by atoms with Gasteiger partial charge in [-0.3, -0.25) is 19.8 Å². The monoisotopic (exact) mass is 880 g/mol. The molecule has 56 heavy (non-hydrogen) atoms. The van der Waals surface area contributed by atoms with Crippen LogP contribution in [0.5, 0.6) is 0 Å². The van der Waals surface area contributed by atoms with E-state index in [0.717, 1.165) is 33.3 Å². The van der Waals surface area contributed by atoms with E-state index in [0.29, 0.717) is 11.5 Å². The van der Waals surface area contributed by atoms with Crippen molar-refractivity contribution in [1.29, 1.82) is 0 Å². The molecule has 0 unspecified atom stereocenters. The number of ether oxygens (including phenoxy) is 4. The molecule has 0 aromatic rings. The number of aliphatic imine (C=N–C) groups is 2. The van der Waals surface area contributed by atoms with Crippen LogP contribution >= 0.6 is 34.6 Å². The van der Waals surface area contributed by atoms with Crippen molar-refractivity contribution in [1.82, 2.24) is 9.80 Å². The maximum atomic E-state index is 12.9. The quantitative estimate of drug-likeness (QED) is 0.179. The highest BCUT2D eigenvalue weighted by molar-refractivity contribution is 8.14. The summed E-state index contributed by atoms with van der Waals surface area (Å²) in [6.45, 7) is 20.6. The molecule has 0 bridgehead atoms. The number of hydrogen-bond donors (Lipinski definition) is 5. The van der Waals surface area contributed by atoms with Gasteiger partial charge in [-0.1, -0.05) is 64.3 Å². The first-order chi connectivity index (χ1) is 25.6. The van der Waals surface area contributed by atoms with Gasteiger partial charge in [0, 0.05) is 0 Å². The Morgan fingerprint density at radius 1 is 0.750 bits per heavy atom. The minimum absolute atomic E-state index is 0.154. The molecule has 0 aliphatic carbocycles. The molecular weight excluding hydrogens is 818 g/mol. The zero-order valence-electron chi connectivity index (χ0n) is 34.4. The maximum Gasteiger partial charge on any atom is 0.416 e. The van der Waals surface area contributed by atoms with Gasteiger partial charge in [0.05, 0.1) is 25.8 Å². The van der Waals surface area contributed by atoms with Crippen molar-refractivity contribution in [3.05, 3.63) is 0 Å². The summed E-state index contributed by atoms with van der Waals surface area (Å²) in [6, 6.07) is -1.51. The molecule has 0 aromatic heterocycles. The molecular formula is C35H63ClF2N4O11S2Si. The van der Waals surface area contributed by atoms with E-state index < -0.39 is 110 Å². The highest BCUT2D eigenvalue weighted by atomic mass is 35.6. The van der Waals surface area contributed by atoms with Gasteiger partial charge in [-0.25, -0.2) is 18.4 Å². The lowest BCUT2D eigenvalue weighted by atomic mass is 9.97. The van der Waals surface area contributed by atoms with Gasteiger partial charge in [0.15, 0.2) is 17.7 Å². The third kappa shape index (κ3) is 14.2. The molecule has 15 nitrogen and oxygen atoms in total. The summed E-state index contributed by atoms with van der Waals surface area (Å²) >= 11 is 8.31. The summed E-state index contributed by atoms with van der Waals surface area (Å²) < 4.78 is 47.5.